The fourth-order valence-corrected chi connectivity index (χ4v) is 3.05. The molecule has 0 radical (unpaired) electrons. The van der Waals surface area contributed by atoms with E-state index in [0.29, 0.717) is 27.9 Å². The van der Waals surface area contributed by atoms with E-state index >= 15 is 0 Å². The van der Waals surface area contributed by atoms with E-state index in [4.69, 9.17) is 5.26 Å². The number of aromatic nitrogens is 3. The lowest BCUT2D eigenvalue weighted by Gasteiger charge is -2.05. The summed E-state index contributed by atoms with van der Waals surface area (Å²) in [6.07, 6.45) is 0. The van der Waals surface area contributed by atoms with E-state index in [2.05, 4.69) is 16.3 Å². The van der Waals surface area contributed by atoms with Crippen molar-refractivity contribution in [1.29, 1.82) is 5.26 Å². The maximum absolute atomic E-state index is 13.9. The molecule has 2 aromatic carbocycles. The third-order valence-corrected chi connectivity index (χ3v) is 4.47. The molecule has 0 aliphatic rings. The van der Waals surface area contributed by atoms with Gasteiger partial charge in [-0.2, -0.15) is 5.26 Å². The van der Waals surface area contributed by atoms with Gasteiger partial charge in [0, 0.05) is 12.8 Å². The zero-order valence-electron chi connectivity index (χ0n) is 12.4. The van der Waals surface area contributed by atoms with E-state index in [1.165, 1.54) is 17.8 Å². The van der Waals surface area contributed by atoms with Gasteiger partial charge in [0.1, 0.15) is 5.82 Å². The second-order valence-electron chi connectivity index (χ2n) is 4.95. The average Bonchev–Trinajstić information content (AvgIpc) is 2.94. The smallest absolute Gasteiger partial charge is 0.191 e. The quantitative estimate of drug-likeness (QED) is 0.685. The number of nitrogens with zero attached hydrogens (tertiary/aromatic N) is 4. The Kier molecular flexibility index (Phi) is 4.40. The van der Waals surface area contributed by atoms with Gasteiger partial charge in [-0.1, -0.05) is 36.0 Å². The van der Waals surface area contributed by atoms with Crippen molar-refractivity contribution < 1.29 is 4.39 Å². The summed E-state index contributed by atoms with van der Waals surface area (Å²) in [4.78, 5) is 0. The second-order valence-corrected chi connectivity index (χ2v) is 5.89. The van der Waals surface area contributed by atoms with Crippen LogP contribution in [0.3, 0.4) is 0 Å². The molecule has 0 atom stereocenters. The minimum Gasteiger partial charge on any atom is -0.305 e. The molecule has 6 heteroatoms. The molecular weight excluding hydrogens is 311 g/mol. The topological polar surface area (TPSA) is 54.5 Å². The summed E-state index contributed by atoms with van der Waals surface area (Å²) in [5.41, 5.74) is 2.10. The molecule has 0 aliphatic carbocycles. The Bertz CT molecular complexity index is 882. The van der Waals surface area contributed by atoms with Crippen LogP contribution in [-0.2, 0) is 12.8 Å². The summed E-state index contributed by atoms with van der Waals surface area (Å²) in [6.45, 7) is 0. The summed E-state index contributed by atoms with van der Waals surface area (Å²) in [7, 11) is 1.82. The lowest BCUT2D eigenvalue weighted by molar-refractivity contribution is 0.628. The van der Waals surface area contributed by atoms with Crippen LogP contribution < -0.4 is 0 Å². The Balaban J connectivity index is 1.80. The second kappa shape index (κ2) is 6.63. The molecule has 3 rings (SSSR count). The van der Waals surface area contributed by atoms with Crippen molar-refractivity contribution in [1.82, 2.24) is 14.8 Å². The number of hydrogen-bond acceptors (Lipinski definition) is 4. The Morgan fingerprint density at radius 1 is 1.17 bits per heavy atom. The summed E-state index contributed by atoms with van der Waals surface area (Å²) in [5, 5.41) is 17.9. The van der Waals surface area contributed by atoms with Crippen LogP contribution in [0.5, 0.6) is 0 Å². The Morgan fingerprint density at radius 3 is 2.78 bits per heavy atom. The average molecular weight is 324 g/mol. The Hall–Kier alpha value is -2.65. The van der Waals surface area contributed by atoms with Crippen LogP contribution in [0, 0.1) is 17.1 Å². The lowest BCUT2D eigenvalue weighted by atomic mass is 10.2. The molecule has 0 saturated heterocycles. The van der Waals surface area contributed by atoms with Gasteiger partial charge in [0.25, 0.3) is 0 Å². The maximum atomic E-state index is 13.9. The molecule has 0 spiro atoms. The first kappa shape index (κ1) is 15.3. The van der Waals surface area contributed by atoms with Crippen molar-refractivity contribution in [3.05, 3.63) is 65.5 Å². The highest BCUT2D eigenvalue weighted by molar-refractivity contribution is 7.98. The van der Waals surface area contributed by atoms with Gasteiger partial charge < -0.3 is 4.57 Å². The molecule has 3 aromatic rings. The van der Waals surface area contributed by atoms with Crippen LogP contribution in [-0.4, -0.2) is 14.8 Å². The van der Waals surface area contributed by atoms with Crippen molar-refractivity contribution in [3.8, 4) is 17.5 Å². The molecule has 23 heavy (non-hydrogen) atoms. The van der Waals surface area contributed by atoms with E-state index in [9.17, 15) is 4.39 Å². The van der Waals surface area contributed by atoms with Crippen LogP contribution in [0.25, 0.3) is 11.4 Å². The molecule has 0 amide bonds. The van der Waals surface area contributed by atoms with E-state index in [1.807, 2.05) is 25.2 Å². The zero-order chi connectivity index (χ0) is 16.2. The molecule has 0 unspecified atom stereocenters. The molecule has 0 aliphatic heterocycles. The molecule has 1 aromatic heterocycles. The minimum absolute atomic E-state index is 0.318. The number of thioether (sulfide) groups is 1. The Morgan fingerprint density at radius 2 is 2.00 bits per heavy atom. The van der Waals surface area contributed by atoms with Crippen molar-refractivity contribution in [2.75, 3.05) is 0 Å². The van der Waals surface area contributed by atoms with Crippen molar-refractivity contribution in [3.63, 3.8) is 0 Å². The molecule has 0 N–H and O–H groups in total. The van der Waals surface area contributed by atoms with Crippen LogP contribution in [0.4, 0.5) is 4.39 Å². The van der Waals surface area contributed by atoms with Crippen molar-refractivity contribution in [2.24, 2.45) is 7.05 Å². The first-order chi connectivity index (χ1) is 11.2. The normalized spacial score (nSPS) is 10.5. The van der Waals surface area contributed by atoms with Crippen molar-refractivity contribution in [2.45, 2.75) is 10.9 Å². The van der Waals surface area contributed by atoms with Gasteiger partial charge >= 0.3 is 0 Å². The molecule has 1 heterocycles. The zero-order valence-corrected chi connectivity index (χ0v) is 13.2. The maximum Gasteiger partial charge on any atom is 0.191 e. The number of halogens is 1. The first-order valence-corrected chi connectivity index (χ1v) is 7.93. The summed E-state index contributed by atoms with van der Waals surface area (Å²) >= 11 is 1.50. The number of nitriles is 1. The number of benzene rings is 2. The van der Waals surface area contributed by atoms with Gasteiger partial charge in [-0.3, -0.25) is 0 Å². The predicted molar refractivity (Wildman–Crippen MR) is 87.1 cm³/mol. The SMILES string of the molecule is Cn1c(SCc2cccc(C#N)c2)nnc1-c1ccccc1F. The fraction of sp³-hybridized carbons (Fsp3) is 0.118. The van der Waals surface area contributed by atoms with E-state index in [0.717, 1.165) is 5.56 Å². The molecule has 4 nitrogen and oxygen atoms in total. The molecule has 0 bridgehead atoms. The van der Waals surface area contributed by atoms with Gasteiger partial charge in [-0.05, 0) is 29.8 Å². The summed E-state index contributed by atoms with van der Waals surface area (Å²) in [6, 6.07) is 16.1. The number of hydrogen-bond donors (Lipinski definition) is 0. The standard InChI is InChI=1S/C17H13FN4S/c1-22-16(14-7-2-3-8-15(14)18)20-21-17(22)23-11-13-6-4-5-12(9-13)10-19/h2-9H,11H2,1H3. The highest BCUT2D eigenvalue weighted by atomic mass is 32.2. The van der Waals surface area contributed by atoms with Crippen LogP contribution in [0.1, 0.15) is 11.1 Å². The third-order valence-electron chi connectivity index (χ3n) is 3.37. The summed E-state index contributed by atoms with van der Waals surface area (Å²) < 4.78 is 15.7. The molecular formula is C17H13FN4S. The minimum atomic E-state index is -0.318. The van der Waals surface area contributed by atoms with Crippen LogP contribution in [0.2, 0.25) is 0 Å². The number of rotatable bonds is 4. The summed E-state index contributed by atoms with van der Waals surface area (Å²) in [5.74, 6) is 0.844. The van der Waals surface area contributed by atoms with Gasteiger partial charge in [0.2, 0.25) is 0 Å². The van der Waals surface area contributed by atoms with Gasteiger partial charge in [0.15, 0.2) is 11.0 Å². The largest absolute Gasteiger partial charge is 0.305 e. The van der Waals surface area contributed by atoms with Gasteiger partial charge in [-0.25, -0.2) is 4.39 Å². The van der Waals surface area contributed by atoms with E-state index in [-0.39, 0.29) is 5.82 Å². The van der Waals surface area contributed by atoms with Crippen LogP contribution >= 0.6 is 11.8 Å². The highest BCUT2D eigenvalue weighted by Gasteiger charge is 2.14. The third kappa shape index (κ3) is 3.25. The Labute approximate surface area is 137 Å². The molecule has 0 fully saturated rings. The highest BCUT2D eigenvalue weighted by Crippen LogP contribution is 2.26. The van der Waals surface area contributed by atoms with Gasteiger partial charge in [-0.15, -0.1) is 10.2 Å². The predicted octanol–water partition coefficient (Wildman–Crippen LogP) is 3.79. The van der Waals surface area contributed by atoms with Crippen LogP contribution in [0.15, 0.2) is 53.7 Å². The molecule has 114 valence electrons. The van der Waals surface area contributed by atoms with Crippen molar-refractivity contribution >= 4 is 11.8 Å². The van der Waals surface area contributed by atoms with E-state index in [1.54, 1.807) is 28.8 Å². The van der Waals surface area contributed by atoms with Gasteiger partial charge in [0.05, 0.1) is 17.2 Å². The fourth-order valence-electron chi connectivity index (χ4n) is 2.20. The molecule has 0 saturated carbocycles. The van der Waals surface area contributed by atoms with E-state index < -0.39 is 0 Å². The monoisotopic (exact) mass is 324 g/mol. The lowest BCUT2D eigenvalue weighted by Crippen LogP contribution is -1.96. The first-order valence-electron chi connectivity index (χ1n) is 6.95.